The largest absolute Gasteiger partial charge is 0.253 e. The van der Waals surface area contributed by atoms with Crippen LogP contribution in [0.1, 0.15) is 0 Å². The van der Waals surface area contributed by atoms with Crippen molar-refractivity contribution in [1.82, 2.24) is 9.97 Å². The van der Waals surface area contributed by atoms with Crippen LogP contribution < -0.4 is 31.8 Å². The first kappa shape index (κ1) is 29.9. The van der Waals surface area contributed by atoms with Crippen LogP contribution in [0.15, 0.2) is 134 Å². The first-order chi connectivity index (χ1) is 22.2. The fourth-order valence-electron chi connectivity index (χ4n) is 5.86. The second-order valence-corrected chi connectivity index (χ2v) is 17.5. The van der Waals surface area contributed by atoms with Crippen molar-refractivity contribution in [2.75, 3.05) is 0 Å². The predicted octanol–water partition coefficient (Wildman–Crippen LogP) is 6.79. The van der Waals surface area contributed by atoms with E-state index in [9.17, 15) is 17.6 Å². The molecule has 0 fully saturated rings. The van der Waals surface area contributed by atoms with Crippen LogP contribution in [0.3, 0.4) is 0 Å². The van der Waals surface area contributed by atoms with Crippen LogP contribution in [0.4, 0.5) is 17.6 Å². The highest BCUT2D eigenvalue weighted by Crippen LogP contribution is 2.44. The molecule has 0 aliphatic heterocycles. The molecule has 2 heterocycles. The highest BCUT2D eigenvalue weighted by atomic mass is 31.2. The van der Waals surface area contributed by atoms with Crippen molar-refractivity contribution >= 4 is 80.0 Å². The summed E-state index contributed by atoms with van der Waals surface area (Å²) in [5.41, 5.74) is 1.38. The molecule has 7 rings (SSSR count). The van der Waals surface area contributed by atoms with E-state index < -0.39 is 13.8 Å². The molecule has 0 unspecified atom stereocenters. The number of benzene rings is 5. The van der Waals surface area contributed by atoms with E-state index in [-0.39, 0.29) is 23.3 Å². The molecule has 2 nitrogen and oxygen atoms in total. The summed E-state index contributed by atoms with van der Waals surface area (Å²) in [5.74, 6) is -1.41. The maximum absolute atomic E-state index is 13.9. The number of hydrogen-bond donors (Lipinski definition) is 0. The lowest BCUT2D eigenvalue weighted by Crippen LogP contribution is -2.26. The smallest absolute Gasteiger partial charge is 0.123 e. The number of halogens is 4. The van der Waals surface area contributed by atoms with Gasteiger partial charge in [-0.2, -0.15) is 0 Å². The van der Waals surface area contributed by atoms with Crippen molar-refractivity contribution in [3.8, 4) is 0 Å². The molecule has 0 aliphatic rings. The first-order valence-electron chi connectivity index (χ1n) is 14.4. The molecule has 0 amide bonds. The Kier molecular flexibility index (Phi) is 7.51. The third-order valence-electron chi connectivity index (χ3n) is 8.42. The normalized spacial score (nSPS) is 12.1. The SMILES string of the molecule is C=P(c1ccc(F)cc1)(c1ccc(F)cc1)c1cnc2c(ccc3cc(P(=C)(c4ccc(F)cc4)c4ccc(F)cc4)cnc32)c1. The molecule has 0 N–H and O–H groups in total. The maximum atomic E-state index is 13.9. The Labute approximate surface area is 264 Å². The molecule has 0 saturated heterocycles. The maximum Gasteiger partial charge on any atom is 0.123 e. The Balaban J connectivity index is 1.38. The topological polar surface area (TPSA) is 25.8 Å². The van der Waals surface area contributed by atoms with Gasteiger partial charge in [-0.1, -0.05) is 73.3 Å². The van der Waals surface area contributed by atoms with Gasteiger partial charge < -0.3 is 0 Å². The van der Waals surface area contributed by atoms with Gasteiger partial charge in [0, 0.05) is 33.8 Å². The molecule has 7 aromatic rings. The zero-order chi connectivity index (χ0) is 32.1. The molecule has 0 spiro atoms. The Bertz CT molecular complexity index is 2070. The van der Waals surface area contributed by atoms with E-state index in [1.807, 2.05) is 24.3 Å². The summed E-state index contributed by atoms with van der Waals surface area (Å²) < 4.78 is 55.6. The van der Waals surface area contributed by atoms with E-state index in [4.69, 9.17) is 9.97 Å². The molecule has 0 aliphatic carbocycles. The average molecular weight is 649 g/mol. The Morgan fingerprint density at radius 2 is 0.630 bits per heavy atom. The summed E-state index contributed by atoms with van der Waals surface area (Å²) in [7, 11) is 0. The zero-order valence-electron chi connectivity index (χ0n) is 24.4. The summed E-state index contributed by atoms with van der Waals surface area (Å²) in [6.07, 6.45) is 12.9. The van der Waals surface area contributed by atoms with Gasteiger partial charge >= 0.3 is 0 Å². The van der Waals surface area contributed by atoms with Gasteiger partial charge in [0.25, 0.3) is 0 Å². The summed E-state index contributed by atoms with van der Waals surface area (Å²) in [6, 6.07) is 33.1. The lowest BCUT2D eigenvalue weighted by molar-refractivity contribution is 0.628. The van der Waals surface area contributed by atoms with Crippen LogP contribution in [-0.4, -0.2) is 22.6 Å². The fourth-order valence-corrected chi connectivity index (χ4v) is 11.5. The molecular weight excluding hydrogens is 622 g/mol. The van der Waals surface area contributed by atoms with Gasteiger partial charge in [-0.25, -0.2) is 17.6 Å². The standard InChI is InChI=1S/C38H26F4N2P2/c1-45(31-13-5-27(39)6-14-31,32-15-7-28(40)8-16-32)35-21-25-3-4-26-22-36(24-44-38(26)37(25)43-23-35)46(2,33-17-9-29(41)10-18-33)34-19-11-30(42)12-20-34/h3-24H,1-2H2. The lowest BCUT2D eigenvalue weighted by Gasteiger charge is -2.27. The van der Waals surface area contributed by atoms with Crippen molar-refractivity contribution in [2.45, 2.75) is 0 Å². The molecule has 46 heavy (non-hydrogen) atoms. The van der Waals surface area contributed by atoms with E-state index in [2.05, 4.69) is 12.6 Å². The summed E-state index contributed by atoms with van der Waals surface area (Å²) in [4.78, 5) is 9.75. The van der Waals surface area contributed by atoms with Gasteiger partial charge in [0.1, 0.15) is 23.3 Å². The molecule has 0 atom stereocenters. The van der Waals surface area contributed by atoms with Crippen LogP contribution in [0.5, 0.6) is 0 Å². The summed E-state index contributed by atoms with van der Waals surface area (Å²) in [5, 5.41) is 6.73. The molecule has 5 aromatic carbocycles. The minimum absolute atomic E-state index is 0.351. The van der Waals surface area contributed by atoms with Gasteiger partial charge in [-0.05, 0) is 95.7 Å². The molecule has 0 radical (unpaired) electrons. The number of hydrogen-bond acceptors (Lipinski definition) is 2. The quantitative estimate of drug-likeness (QED) is 0.113. The van der Waals surface area contributed by atoms with Gasteiger partial charge in [-0.3, -0.25) is 9.97 Å². The van der Waals surface area contributed by atoms with Gasteiger partial charge in [0.05, 0.1) is 11.0 Å². The van der Waals surface area contributed by atoms with Crippen molar-refractivity contribution in [1.29, 1.82) is 0 Å². The number of rotatable bonds is 6. The first-order valence-corrected chi connectivity index (χ1v) is 18.3. The molecule has 0 bridgehead atoms. The second kappa shape index (κ2) is 11.6. The number of pyridine rings is 2. The molecular formula is C38H26F4N2P2. The third kappa shape index (κ3) is 5.08. The zero-order valence-corrected chi connectivity index (χ0v) is 26.2. The molecule has 8 heteroatoms. The van der Waals surface area contributed by atoms with Crippen LogP contribution in [-0.2, 0) is 0 Å². The molecule has 0 saturated carbocycles. The highest BCUT2D eigenvalue weighted by molar-refractivity contribution is 7.93. The second-order valence-electron chi connectivity index (χ2n) is 11.1. The lowest BCUT2D eigenvalue weighted by atomic mass is 10.1. The van der Waals surface area contributed by atoms with Crippen LogP contribution in [0, 0.1) is 23.3 Å². The number of aromatic nitrogens is 2. The molecule has 226 valence electrons. The minimum Gasteiger partial charge on any atom is -0.253 e. The minimum atomic E-state index is -2.56. The number of nitrogens with zero attached hydrogens (tertiary/aromatic N) is 2. The van der Waals surface area contributed by atoms with E-state index in [1.54, 1.807) is 60.9 Å². The summed E-state index contributed by atoms with van der Waals surface area (Å²) >= 11 is 0. The Morgan fingerprint density at radius 1 is 0.370 bits per heavy atom. The monoisotopic (exact) mass is 648 g/mol. The van der Waals surface area contributed by atoms with E-state index in [0.717, 1.165) is 42.6 Å². The van der Waals surface area contributed by atoms with Crippen LogP contribution in [0.2, 0.25) is 0 Å². The Hall–Kier alpha value is -4.76. The van der Waals surface area contributed by atoms with E-state index in [1.165, 1.54) is 48.5 Å². The van der Waals surface area contributed by atoms with Gasteiger partial charge in [-0.15, -0.1) is 0 Å². The highest BCUT2D eigenvalue weighted by Gasteiger charge is 2.26. The van der Waals surface area contributed by atoms with E-state index >= 15 is 0 Å². The van der Waals surface area contributed by atoms with Crippen molar-refractivity contribution in [3.05, 3.63) is 157 Å². The Morgan fingerprint density at radius 3 is 0.891 bits per heavy atom. The van der Waals surface area contributed by atoms with Crippen molar-refractivity contribution in [3.63, 3.8) is 0 Å². The molecule has 2 aromatic heterocycles. The summed E-state index contributed by atoms with van der Waals surface area (Å²) in [6.45, 7) is -5.12. The van der Waals surface area contributed by atoms with Crippen LogP contribution >= 0.6 is 13.8 Å². The average Bonchev–Trinajstić information content (AvgIpc) is 3.08. The van der Waals surface area contributed by atoms with Gasteiger partial charge in [0.15, 0.2) is 0 Å². The van der Waals surface area contributed by atoms with E-state index in [0.29, 0.717) is 11.0 Å². The predicted molar refractivity (Wildman–Crippen MR) is 189 cm³/mol. The van der Waals surface area contributed by atoms with Crippen molar-refractivity contribution < 1.29 is 17.6 Å². The third-order valence-corrected chi connectivity index (χ3v) is 15.4. The number of fused-ring (bicyclic) bond motifs is 3. The fraction of sp³-hybridized carbons (Fsp3) is 0. The van der Waals surface area contributed by atoms with Crippen molar-refractivity contribution in [2.24, 2.45) is 0 Å². The van der Waals surface area contributed by atoms with Gasteiger partial charge in [0.2, 0.25) is 0 Å². The van der Waals surface area contributed by atoms with Crippen LogP contribution in [0.25, 0.3) is 21.8 Å².